The minimum absolute atomic E-state index is 0.0949. The Morgan fingerprint density at radius 1 is 1.09 bits per heavy atom. The monoisotopic (exact) mass is 222 g/mol. The number of rotatable bonds is 0. The van der Waals surface area contributed by atoms with E-state index in [4.69, 9.17) is 4.74 Å². The van der Waals surface area contributed by atoms with Crippen molar-refractivity contribution < 1.29 is 9.13 Å². The first-order valence-corrected chi connectivity index (χ1v) is 5.12. The third-order valence-corrected chi connectivity index (χ3v) is 3.66. The number of ether oxygens (including phenoxy) is 1. The van der Waals surface area contributed by atoms with Crippen molar-refractivity contribution in [3.8, 4) is 0 Å². The Kier molecular flexibility index (Phi) is 2.19. The predicted octanol–water partition coefficient (Wildman–Crippen LogP) is 2.43. The fourth-order valence-corrected chi connectivity index (χ4v) is 2.56. The minimum Gasteiger partial charge on any atom is -0.371 e. The Hall–Kier alpha value is 0.370. The van der Waals surface area contributed by atoms with Crippen molar-refractivity contribution in [2.75, 3.05) is 0 Å². The molecule has 2 saturated heterocycles. The summed E-state index contributed by atoms with van der Waals surface area (Å²) in [6.07, 6.45) is 2.99. The van der Waals surface area contributed by atoms with Crippen LogP contribution in [0.4, 0.5) is 4.39 Å². The summed E-state index contributed by atoms with van der Waals surface area (Å²) in [4.78, 5) is 0.383. The zero-order valence-electron chi connectivity index (χ0n) is 6.30. The van der Waals surface area contributed by atoms with Crippen LogP contribution in [0.3, 0.4) is 0 Å². The molecule has 0 saturated carbocycles. The van der Waals surface area contributed by atoms with Gasteiger partial charge < -0.3 is 4.74 Å². The first-order chi connectivity index (χ1) is 5.27. The summed E-state index contributed by atoms with van der Waals surface area (Å²) in [6.45, 7) is 0. The lowest BCUT2D eigenvalue weighted by atomic mass is 10.00. The van der Waals surface area contributed by atoms with Gasteiger partial charge in [-0.1, -0.05) is 15.9 Å². The van der Waals surface area contributed by atoms with Crippen LogP contribution in [-0.4, -0.2) is 23.2 Å². The fourth-order valence-electron chi connectivity index (χ4n) is 1.91. The van der Waals surface area contributed by atoms with Crippen molar-refractivity contribution in [2.45, 2.75) is 48.9 Å². The van der Waals surface area contributed by atoms with Crippen LogP contribution in [0, 0.1) is 0 Å². The van der Waals surface area contributed by atoms with E-state index < -0.39 is 6.17 Å². The summed E-state index contributed by atoms with van der Waals surface area (Å²) in [5, 5.41) is 0. The second-order valence-corrected chi connectivity index (χ2v) is 4.58. The first kappa shape index (κ1) is 7.99. The highest BCUT2D eigenvalue weighted by Gasteiger charge is 2.38. The van der Waals surface area contributed by atoms with E-state index in [2.05, 4.69) is 15.9 Å². The lowest BCUT2D eigenvalue weighted by Gasteiger charge is -2.13. The van der Waals surface area contributed by atoms with Gasteiger partial charge in [0.1, 0.15) is 6.17 Å². The van der Waals surface area contributed by atoms with Crippen LogP contribution < -0.4 is 0 Å². The maximum Gasteiger partial charge on any atom is 0.126 e. The summed E-state index contributed by atoms with van der Waals surface area (Å²) in [5.74, 6) is 0. The molecule has 0 radical (unpaired) electrons. The van der Waals surface area contributed by atoms with Crippen molar-refractivity contribution in [3.05, 3.63) is 0 Å². The number of hydrogen-bond donors (Lipinski definition) is 0. The van der Waals surface area contributed by atoms with Crippen LogP contribution in [0.5, 0.6) is 0 Å². The van der Waals surface area contributed by atoms with Crippen LogP contribution in [0.15, 0.2) is 0 Å². The predicted molar refractivity (Wildman–Crippen MR) is 44.7 cm³/mol. The topological polar surface area (TPSA) is 9.23 Å². The number of hydrogen-bond acceptors (Lipinski definition) is 1. The van der Waals surface area contributed by atoms with Gasteiger partial charge in [0.15, 0.2) is 0 Å². The number of fused-ring (bicyclic) bond motifs is 2. The van der Waals surface area contributed by atoms with Crippen molar-refractivity contribution in [2.24, 2.45) is 0 Å². The van der Waals surface area contributed by atoms with E-state index >= 15 is 0 Å². The molecule has 2 heterocycles. The highest BCUT2D eigenvalue weighted by atomic mass is 79.9. The van der Waals surface area contributed by atoms with E-state index in [9.17, 15) is 4.39 Å². The molecule has 3 heteroatoms. The average Bonchev–Trinajstić information content (AvgIpc) is 2.42. The Bertz CT molecular complexity index is 137. The highest BCUT2D eigenvalue weighted by molar-refractivity contribution is 9.09. The van der Waals surface area contributed by atoms with Crippen molar-refractivity contribution in [1.82, 2.24) is 0 Å². The highest BCUT2D eigenvalue weighted by Crippen LogP contribution is 2.35. The summed E-state index contributed by atoms with van der Waals surface area (Å²) in [7, 11) is 0. The number of halogens is 2. The van der Waals surface area contributed by atoms with E-state index in [1.165, 1.54) is 0 Å². The molecule has 11 heavy (non-hydrogen) atoms. The fraction of sp³-hybridized carbons (Fsp3) is 1.00. The van der Waals surface area contributed by atoms with Crippen molar-refractivity contribution in [3.63, 3.8) is 0 Å². The molecular formula is C8H12BrFO. The van der Waals surface area contributed by atoms with Gasteiger partial charge in [0.2, 0.25) is 0 Å². The molecule has 0 unspecified atom stereocenters. The molecular weight excluding hydrogens is 211 g/mol. The van der Waals surface area contributed by atoms with Gasteiger partial charge in [-0.15, -0.1) is 0 Å². The van der Waals surface area contributed by atoms with Gasteiger partial charge in [0, 0.05) is 4.83 Å². The van der Waals surface area contributed by atoms with Gasteiger partial charge in [0.05, 0.1) is 12.2 Å². The maximum absolute atomic E-state index is 13.2. The van der Waals surface area contributed by atoms with Gasteiger partial charge >= 0.3 is 0 Å². The lowest BCUT2D eigenvalue weighted by Crippen LogP contribution is -2.20. The molecule has 2 fully saturated rings. The van der Waals surface area contributed by atoms with Crippen LogP contribution in [0.2, 0.25) is 0 Å². The number of alkyl halides is 2. The third-order valence-electron chi connectivity index (χ3n) is 2.61. The Balaban J connectivity index is 2.07. The van der Waals surface area contributed by atoms with Crippen LogP contribution in [-0.2, 0) is 4.74 Å². The summed E-state index contributed by atoms with van der Waals surface area (Å²) in [5.41, 5.74) is 0. The van der Waals surface area contributed by atoms with E-state index in [0.29, 0.717) is 11.2 Å². The molecule has 0 aromatic carbocycles. The van der Waals surface area contributed by atoms with E-state index in [0.717, 1.165) is 19.3 Å². The Morgan fingerprint density at radius 2 is 1.82 bits per heavy atom. The zero-order chi connectivity index (χ0) is 7.84. The quantitative estimate of drug-likeness (QED) is 0.573. The van der Waals surface area contributed by atoms with Crippen LogP contribution in [0.25, 0.3) is 0 Å². The molecule has 4 atom stereocenters. The molecule has 0 amide bonds. The third kappa shape index (κ3) is 1.45. The second kappa shape index (κ2) is 3.02. The van der Waals surface area contributed by atoms with E-state index in [-0.39, 0.29) is 12.2 Å². The molecule has 2 rings (SSSR count). The summed E-state index contributed by atoms with van der Waals surface area (Å²) < 4.78 is 18.7. The van der Waals surface area contributed by atoms with E-state index in [1.54, 1.807) is 0 Å². The van der Waals surface area contributed by atoms with Gasteiger partial charge in [-0.05, 0) is 25.7 Å². The lowest BCUT2D eigenvalue weighted by molar-refractivity contribution is 0.0136. The van der Waals surface area contributed by atoms with Gasteiger partial charge in [0.25, 0.3) is 0 Å². The smallest absolute Gasteiger partial charge is 0.126 e. The maximum atomic E-state index is 13.2. The van der Waals surface area contributed by atoms with Crippen LogP contribution >= 0.6 is 15.9 Å². The van der Waals surface area contributed by atoms with Gasteiger partial charge in [-0.3, -0.25) is 0 Å². The molecule has 2 aliphatic rings. The average molecular weight is 223 g/mol. The van der Waals surface area contributed by atoms with Crippen LogP contribution in [0.1, 0.15) is 25.7 Å². The zero-order valence-corrected chi connectivity index (χ0v) is 7.89. The molecule has 2 aliphatic heterocycles. The molecule has 1 nitrogen and oxygen atoms in total. The molecule has 2 bridgehead atoms. The Morgan fingerprint density at radius 3 is 2.64 bits per heavy atom. The molecule has 64 valence electrons. The minimum atomic E-state index is -0.720. The van der Waals surface area contributed by atoms with E-state index in [1.807, 2.05) is 0 Å². The summed E-state index contributed by atoms with van der Waals surface area (Å²) in [6, 6.07) is 0. The molecule has 0 N–H and O–H groups in total. The SMILES string of the molecule is F[C@@H]1CC[C@H](Br)[C@@H]2CC[C@H]1O2. The molecule has 0 spiro atoms. The Labute approximate surface area is 74.4 Å². The molecule has 0 aliphatic carbocycles. The van der Waals surface area contributed by atoms with Gasteiger partial charge in [-0.25, -0.2) is 4.39 Å². The molecule has 0 aromatic rings. The standard InChI is InChI=1S/C8H12BrFO/c9-5-1-2-6(10)8-4-3-7(5)11-8/h5-8H,1-4H2/t5-,6+,7-,8+/m0/s1. The molecule has 0 aromatic heterocycles. The normalized spacial score (nSPS) is 50.7. The summed E-state index contributed by atoms with van der Waals surface area (Å²) >= 11 is 3.53. The van der Waals surface area contributed by atoms with Crippen molar-refractivity contribution in [1.29, 1.82) is 0 Å². The largest absolute Gasteiger partial charge is 0.371 e. The van der Waals surface area contributed by atoms with Gasteiger partial charge in [-0.2, -0.15) is 0 Å². The van der Waals surface area contributed by atoms with Crippen molar-refractivity contribution >= 4 is 15.9 Å². The first-order valence-electron chi connectivity index (χ1n) is 4.21. The second-order valence-electron chi connectivity index (χ2n) is 3.40.